The van der Waals surface area contributed by atoms with Crippen molar-refractivity contribution in [3.05, 3.63) is 12.2 Å². The maximum absolute atomic E-state index is 3.28. The molecule has 0 N–H and O–H groups in total. The average molecular weight is 271 g/mol. The van der Waals surface area contributed by atoms with Gasteiger partial charge in [0.2, 0.25) is 0 Å². The Labute approximate surface area is 104 Å². The molecule has 0 nitrogen and oxygen atoms in total. The monoisotopic (exact) mass is 270 g/mol. The first-order chi connectivity index (χ1) is 7.41. The van der Waals surface area contributed by atoms with Gasteiger partial charge >= 0.3 is 0 Å². The lowest BCUT2D eigenvalue weighted by molar-refractivity contribution is 0.611. The first kappa shape index (κ1) is 14.8. The Morgan fingerprint density at radius 3 is 2.40 bits per heavy atom. The summed E-state index contributed by atoms with van der Waals surface area (Å²) in [6.45, 7) is 2.26. The predicted molar refractivity (Wildman–Crippen MR) is 73.3 cm³/mol. The first-order valence-corrected chi connectivity index (χ1v) is 7.20. The van der Waals surface area contributed by atoms with E-state index in [9.17, 15) is 0 Å². The van der Waals surface area contributed by atoms with Gasteiger partial charge in [-0.25, -0.2) is 0 Å². The van der Waals surface area contributed by atoms with E-state index in [-0.39, 0.29) is 0 Å². The summed E-state index contributed by atoms with van der Waals surface area (Å²) in [5, 5.41) is 0.790. The Kier molecular flexibility index (Phi) is 13.6. The molecule has 0 fully saturated rings. The summed E-state index contributed by atoms with van der Waals surface area (Å²) in [5.74, 6) is 6.06. The van der Waals surface area contributed by atoms with Crippen LogP contribution in [0, 0.1) is 11.8 Å². The van der Waals surface area contributed by atoms with Gasteiger partial charge < -0.3 is 0 Å². The van der Waals surface area contributed by atoms with Crippen LogP contribution in [-0.2, 0) is 0 Å². The van der Waals surface area contributed by atoms with Crippen LogP contribution in [0.5, 0.6) is 0 Å². The molecule has 0 aromatic heterocycles. The van der Waals surface area contributed by atoms with Crippen molar-refractivity contribution in [3.8, 4) is 11.8 Å². The Morgan fingerprint density at radius 2 is 1.67 bits per heavy atom. The molecule has 0 bridgehead atoms. The van der Waals surface area contributed by atoms with Gasteiger partial charge in [0.15, 0.2) is 0 Å². The molecule has 0 saturated heterocycles. The molecule has 15 heavy (non-hydrogen) atoms. The van der Waals surface area contributed by atoms with Crippen molar-refractivity contribution in [3.63, 3.8) is 0 Å². The minimum atomic E-state index is 0.790. The molecule has 0 aromatic rings. The third-order valence-electron chi connectivity index (χ3n) is 2.30. The highest BCUT2D eigenvalue weighted by Gasteiger charge is 1.87. The van der Waals surface area contributed by atoms with Crippen LogP contribution in [0.1, 0.15) is 58.3 Å². The summed E-state index contributed by atoms with van der Waals surface area (Å²) in [6.07, 6.45) is 14.9. The predicted octanol–water partition coefficient (Wildman–Crippen LogP) is 5.08. The summed E-state index contributed by atoms with van der Waals surface area (Å²) in [6, 6.07) is 0. The average Bonchev–Trinajstić information content (AvgIpc) is 2.26. The highest BCUT2D eigenvalue weighted by atomic mass is 79.9. The molecule has 1 heteroatoms. The molecule has 0 radical (unpaired) electrons. The Balaban J connectivity index is 3.09. The molecule has 86 valence electrons. The van der Waals surface area contributed by atoms with Gasteiger partial charge in [-0.2, -0.15) is 0 Å². The van der Waals surface area contributed by atoms with Crippen LogP contribution in [0.3, 0.4) is 0 Å². The van der Waals surface area contributed by atoms with Gasteiger partial charge in [0.05, 0.1) is 5.33 Å². The Hall–Kier alpha value is -0.220. The van der Waals surface area contributed by atoms with Crippen molar-refractivity contribution < 1.29 is 0 Å². The lowest BCUT2D eigenvalue weighted by atomic mass is 10.1. The second kappa shape index (κ2) is 13.8. The third kappa shape index (κ3) is 13.8. The first-order valence-electron chi connectivity index (χ1n) is 6.08. The van der Waals surface area contributed by atoms with Crippen LogP contribution in [-0.4, -0.2) is 5.33 Å². The molecule has 0 atom stereocenters. The van der Waals surface area contributed by atoms with Crippen molar-refractivity contribution in [1.29, 1.82) is 0 Å². The quantitative estimate of drug-likeness (QED) is 0.250. The lowest BCUT2D eigenvalue weighted by Gasteiger charge is -1.97. The van der Waals surface area contributed by atoms with E-state index in [1.165, 1.54) is 44.9 Å². The molecule has 0 spiro atoms. The molecule has 0 aliphatic heterocycles. The van der Waals surface area contributed by atoms with Gasteiger partial charge in [0.25, 0.3) is 0 Å². The number of hydrogen-bond acceptors (Lipinski definition) is 0. The Bertz CT molecular complexity index is 195. The maximum Gasteiger partial charge on any atom is 0.0645 e. The van der Waals surface area contributed by atoms with E-state index in [4.69, 9.17) is 0 Å². The van der Waals surface area contributed by atoms with E-state index in [0.29, 0.717) is 0 Å². The number of hydrogen-bond donors (Lipinski definition) is 0. The molecule has 0 aromatic carbocycles. The summed E-state index contributed by atoms with van der Waals surface area (Å²) >= 11 is 3.28. The van der Waals surface area contributed by atoms with E-state index in [2.05, 4.69) is 46.8 Å². The minimum Gasteiger partial charge on any atom is -0.0983 e. The third-order valence-corrected chi connectivity index (χ3v) is 2.58. The highest BCUT2D eigenvalue weighted by Crippen LogP contribution is 2.07. The van der Waals surface area contributed by atoms with Crippen molar-refractivity contribution in [2.75, 3.05) is 5.33 Å². The molecule has 0 aliphatic rings. The second-order valence-electron chi connectivity index (χ2n) is 3.72. The minimum absolute atomic E-state index is 0.790. The molecule has 0 saturated carbocycles. The van der Waals surface area contributed by atoms with Crippen LogP contribution in [0.25, 0.3) is 0 Å². The summed E-state index contributed by atoms with van der Waals surface area (Å²) in [5.41, 5.74) is 0. The number of rotatable bonds is 8. The largest absolute Gasteiger partial charge is 0.0983 e. The van der Waals surface area contributed by atoms with Crippen LogP contribution in [0.15, 0.2) is 12.2 Å². The van der Waals surface area contributed by atoms with Gasteiger partial charge in [-0.1, -0.05) is 79.0 Å². The van der Waals surface area contributed by atoms with Gasteiger partial charge in [0.1, 0.15) is 0 Å². The number of unbranched alkanes of at least 4 members (excludes halogenated alkanes) is 6. The molecular weight excluding hydrogens is 248 g/mol. The van der Waals surface area contributed by atoms with Crippen molar-refractivity contribution in [2.24, 2.45) is 0 Å². The van der Waals surface area contributed by atoms with E-state index in [1.54, 1.807) is 0 Å². The number of halogens is 1. The number of alkyl halides is 1. The van der Waals surface area contributed by atoms with Gasteiger partial charge in [0, 0.05) is 6.42 Å². The van der Waals surface area contributed by atoms with E-state index < -0.39 is 0 Å². The molecular formula is C14H23Br. The normalized spacial score (nSPS) is 10.3. The fourth-order valence-electron chi connectivity index (χ4n) is 1.42. The standard InChI is InChI=1S/C14H23Br/c1-2-3-4-5-6-7-8-9-10-11-12-13-14-15/h9-10H,2-8,11,14H2,1H3/b10-9-. The smallest absolute Gasteiger partial charge is 0.0645 e. The van der Waals surface area contributed by atoms with Crippen molar-refractivity contribution >= 4 is 15.9 Å². The zero-order valence-electron chi connectivity index (χ0n) is 9.90. The summed E-state index contributed by atoms with van der Waals surface area (Å²) in [7, 11) is 0. The van der Waals surface area contributed by atoms with Gasteiger partial charge in [-0.15, -0.1) is 0 Å². The van der Waals surface area contributed by atoms with Crippen LogP contribution < -0.4 is 0 Å². The molecule has 0 aliphatic carbocycles. The summed E-state index contributed by atoms with van der Waals surface area (Å²) in [4.78, 5) is 0. The molecule has 0 amide bonds. The van der Waals surface area contributed by atoms with Crippen molar-refractivity contribution in [1.82, 2.24) is 0 Å². The summed E-state index contributed by atoms with van der Waals surface area (Å²) < 4.78 is 0. The van der Waals surface area contributed by atoms with Crippen LogP contribution >= 0.6 is 15.9 Å². The van der Waals surface area contributed by atoms with Crippen LogP contribution in [0.4, 0.5) is 0 Å². The van der Waals surface area contributed by atoms with E-state index >= 15 is 0 Å². The molecule has 0 heterocycles. The lowest BCUT2D eigenvalue weighted by Crippen LogP contribution is -1.77. The molecule has 0 unspecified atom stereocenters. The second-order valence-corrected chi connectivity index (χ2v) is 4.28. The zero-order chi connectivity index (χ0) is 11.2. The highest BCUT2D eigenvalue weighted by molar-refractivity contribution is 9.09. The SMILES string of the molecule is CCCCCCCC/C=C\CC#CCBr. The van der Waals surface area contributed by atoms with Crippen LogP contribution in [0.2, 0.25) is 0 Å². The fourth-order valence-corrected chi connectivity index (χ4v) is 1.62. The van der Waals surface area contributed by atoms with E-state index in [0.717, 1.165) is 11.8 Å². The number of allylic oxidation sites excluding steroid dienone is 2. The Morgan fingerprint density at radius 1 is 0.933 bits per heavy atom. The van der Waals surface area contributed by atoms with Gasteiger partial charge in [-0.05, 0) is 12.8 Å². The zero-order valence-corrected chi connectivity index (χ0v) is 11.5. The van der Waals surface area contributed by atoms with Gasteiger partial charge in [-0.3, -0.25) is 0 Å². The maximum atomic E-state index is 3.28. The van der Waals surface area contributed by atoms with Crippen molar-refractivity contribution in [2.45, 2.75) is 58.3 Å². The van der Waals surface area contributed by atoms with E-state index in [1.807, 2.05) is 0 Å². The fraction of sp³-hybridized carbons (Fsp3) is 0.714. The molecule has 0 rings (SSSR count). The topological polar surface area (TPSA) is 0 Å².